The number of rotatable bonds is 5. The van der Waals surface area contributed by atoms with Crippen LogP contribution >= 0.6 is 11.3 Å². The van der Waals surface area contributed by atoms with Gasteiger partial charge in [0.15, 0.2) is 0 Å². The average molecular weight is 436 g/mol. The molecule has 3 fully saturated rings. The zero-order valence-corrected chi connectivity index (χ0v) is 18.1. The van der Waals surface area contributed by atoms with Crippen LogP contribution in [0.25, 0.3) is 10.2 Å². The Kier molecular flexibility index (Phi) is 4.89. The number of nitrogens with zero attached hydrogens (tertiary/aromatic N) is 3. The van der Waals surface area contributed by atoms with E-state index in [1.54, 1.807) is 11.3 Å². The second-order valence-corrected chi connectivity index (χ2v) is 9.71. The molecule has 3 saturated heterocycles. The Morgan fingerprint density at radius 2 is 2.00 bits per heavy atom. The van der Waals surface area contributed by atoms with Crippen molar-refractivity contribution in [2.45, 2.75) is 31.5 Å². The maximum atomic E-state index is 12.8. The van der Waals surface area contributed by atoms with Crippen molar-refractivity contribution in [3.05, 3.63) is 54.1 Å². The quantitative estimate of drug-likeness (QED) is 0.608. The summed E-state index contributed by atoms with van der Waals surface area (Å²) in [5.74, 6) is 1.19. The first kappa shape index (κ1) is 19.2. The van der Waals surface area contributed by atoms with Crippen LogP contribution in [-0.4, -0.2) is 59.1 Å². The lowest BCUT2D eigenvalue weighted by Gasteiger charge is -2.35. The summed E-state index contributed by atoms with van der Waals surface area (Å²) in [7, 11) is 0. The van der Waals surface area contributed by atoms with Gasteiger partial charge in [0.1, 0.15) is 5.75 Å². The number of carbonyl (C=O) groups is 1. The predicted octanol–water partition coefficient (Wildman–Crippen LogP) is 3.91. The van der Waals surface area contributed by atoms with Crippen molar-refractivity contribution in [1.29, 1.82) is 0 Å². The molecule has 1 aromatic heterocycles. The highest BCUT2D eigenvalue weighted by Gasteiger charge is 2.46. The van der Waals surface area contributed by atoms with Crippen molar-refractivity contribution < 1.29 is 14.3 Å². The standard InChI is InChI=1S/C24H25N3O3S/c28-23(17-9-10-29-15-17)27-14-18-11-19(27)13-26(18)12-16-5-7-20(8-6-16)30-24-25-21-3-1-2-4-22(21)31-24/h1-8,17-19H,9-15H2/t17-,18-,19-/m0/s1. The minimum absolute atomic E-state index is 0.0794. The van der Waals surface area contributed by atoms with Gasteiger partial charge in [-0.15, -0.1) is 0 Å². The molecule has 7 heteroatoms. The molecule has 3 aromatic rings. The van der Waals surface area contributed by atoms with E-state index in [9.17, 15) is 4.79 Å². The second-order valence-electron chi connectivity index (χ2n) is 8.72. The van der Waals surface area contributed by atoms with E-state index in [0.29, 0.717) is 29.8 Å². The predicted molar refractivity (Wildman–Crippen MR) is 119 cm³/mol. The molecule has 3 atom stereocenters. The van der Waals surface area contributed by atoms with Gasteiger partial charge in [0, 0.05) is 38.3 Å². The van der Waals surface area contributed by atoms with Crippen LogP contribution in [0.15, 0.2) is 48.5 Å². The topological polar surface area (TPSA) is 54.9 Å². The molecule has 4 heterocycles. The number of amides is 1. The highest BCUT2D eigenvalue weighted by Crippen LogP contribution is 2.35. The summed E-state index contributed by atoms with van der Waals surface area (Å²) in [6, 6.07) is 17.2. The largest absolute Gasteiger partial charge is 0.431 e. The van der Waals surface area contributed by atoms with Gasteiger partial charge in [0.2, 0.25) is 5.91 Å². The number of para-hydroxylation sites is 1. The molecule has 6 nitrogen and oxygen atoms in total. The SMILES string of the molecule is O=C([C@H]1CCOC1)N1C[C@@H]2C[C@H]1CN2Cc1ccc(Oc2nc3ccccc3s2)cc1. The van der Waals surface area contributed by atoms with Gasteiger partial charge in [0.05, 0.1) is 22.7 Å². The fourth-order valence-electron chi connectivity index (χ4n) is 5.07. The third-order valence-corrected chi connectivity index (χ3v) is 7.62. The first-order valence-corrected chi connectivity index (χ1v) is 11.8. The Bertz CT molecular complexity index is 1060. The lowest BCUT2D eigenvalue weighted by molar-refractivity contribution is -0.137. The Balaban J connectivity index is 1.06. The van der Waals surface area contributed by atoms with E-state index < -0.39 is 0 Å². The van der Waals surface area contributed by atoms with Crippen LogP contribution in [0.3, 0.4) is 0 Å². The van der Waals surface area contributed by atoms with Crippen molar-refractivity contribution in [3.8, 4) is 10.9 Å². The normalized spacial score (nSPS) is 25.5. The van der Waals surface area contributed by atoms with Gasteiger partial charge in [-0.2, -0.15) is 0 Å². The molecule has 2 aromatic carbocycles. The maximum absolute atomic E-state index is 12.8. The fourth-order valence-corrected chi connectivity index (χ4v) is 5.90. The summed E-state index contributed by atoms with van der Waals surface area (Å²) in [5, 5.41) is 0.670. The number of aromatic nitrogens is 1. The van der Waals surface area contributed by atoms with Gasteiger partial charge in [-0.3, -0.25) is 9.69 Å². The molecule has 0 aliphatic carbocycles. The van der Waals surface area contributed by atoms with Gasteiger partial charge >= 0.3 is 0 Å². The van der Waals surface area contributed by atoms with Crippen LogP contribution < -0.4 is 4.74 Å². The van der Waals surface area contributed by atoms with Crippen LogP contribution in [0.1, 0.15) is 18.4 Å². The number of thiazole rings is 1. The van der Waals surface area contributed by atoms with Gasteiger partial charge in [-0.05, 0) is 42.7 Å². The van der Waals surface area contributed by atoms with Gasteiger partial charge in [-0.25, -0.2) is 4.98 Å². The molecule has 3 aliphatic rings. The van der Waals surface area contributed by atoms with Crippen LogP contribution in [0.4, 0.5) is 0 Å². The molecule has 0 N–H and O–H groups in total. The number of carbonyl (C=O) groups excluding carboxylic acids is 1. The minimum Gasteiger partial charge on any atom is -0.431 e. The van der Waals surface area contributed by atoms with E-state index in [-0.39, 0.29) is 5.92 Å². The van der Waals surface area contributed by atoms with E-state index in [4.69, 9.17) is 9.47 Å². The molecule has 0 saturated carbocycles. The smallest absolute Gasteiger partial charge is 0.279 e. The van der Waals surface area contributed by atoms with E-state index in [1.165, 1.54) is 5.56 Å². The molecular weight excluding hydrogens is 410 g/mol. The van der Waals surface area contributed by atoms with Gasteiger partial charge in [0.25, 0.3) is 5.19 Å². The van der Waals surface area contributed by atoms with E-state index in [0.717, 1.165) is 55.0 Å². The van der Waals surface area contributed by atoms with Crippen molar-refractivity contribution >= 4 is 27.5 Å². The Morgan fingerprint density at radius 1 is 1.13 bits per heavy atom. The fraction of sp³-hybridized carbons (Fsp3) is 0.417. The summed E-state index contributed by atoms with van der Waals surface area (Å²) in [5.41, 5.74) is 2.24. The first-order valence-electron chi connectivity index (χ1n) is 11.0. The Hall–Kier alpha value is -2.48. The highest BCUT2D eigenvalue weighted by molar-refractivity contribution is 7.20. The van der Waals surface area contributed by atoms with E-state index >= 15 is 0 Å². The third-order valence-electron chi connectivity index (χ3n) is 6.70. The van der Waals surface area contributed by atoms with E-state index in [2.05, 4.69) is 33.0 Å². The number of likely N-dealkylation sites (tertiary alicyclic amines) is 2. The molecule has 0 radical (unpaired) electrons. The monoisotopic (exact) mass is 435 g/mol. The molecular formula is C24H25N3O3S. The summed E-state index contributed by atoms with van der Waals surface area (Å²) < 4.78 is 12.5. The first-order chi connectivity index (χ1) is 15.2. The van der Waals surface area contributed by atoms with Crippen molar-refractivity contribution in [3.63, 3.8) is 0 Å². The highest BCUT2D eigenvalue weighted by atomic mass is 32.1. The third kappa shape index (κ3) is 3.71. The summed E-state index contributed by atoms with van der Waals surface area (Å²) in [6.07, 6.45) is 1.97. The zero-order valence-electron chi connectivity index (χ0n) is 17.3. The number of piperazine rings is 1. The number of benzene rings is 2. The van der Waals surface area contributed by atoms with E-state index in [1.807, 2.05) is 30.3 Å². The Morgan fingerprint density at radius 3 is 2.74 bits per heavy atom. The van der Waals surface area contributed by atoms with Gasteiger partial charge < -0.3 is 14.4 Å². The van der Waals surface area contributed by atoms with Crippen molar-refractivity contribution in [2.75, 3.05) is 26.3 Å². The maximum Gasteiger partial charge on any atom is 0.279 e. The minimum atomic E-state index is 0.0794. The van der Waals surface area contributed by atoms with Crippen LogP contribution in [0.2, 0.25) is 0 Å². The summed E-state index contributed by atoms with van der Waals surface area (Å²) in [4.78, 5) is 21.9. The van der Waals surface area contributed by atoms with Crippen molar-refractivity contribution in [2.24, 2.45) is 5.92 Å². The number of fused-ring (bicyclic) bond motifs is 3. The molecule has 160 valence electrons. The van der Waals surface area contributed by atoms with Gasteiger partial charge in [-0.1, -0.05) is 35.6 Å². The molecule has 0 spiro atoms. The molecule has 2 bridgehead atoms. The lowest BCUT2D eigenvalue weighted by Crippen LogP contribution is -2.50. The van der Waals surface area contributed by atoms with Crippen LogP contribution in [-0.2, 0) is 16.1 Å². The summed E-state index contributed by atoms with van der Waals surface area (Å²) in [6.45, 7) is 4.06. The molecule has 3 aliphatic heterocycles. The number of hydrogen-bond donors (Lipinski definition) is 0. The second kappa shape index (κ2) is 7.89. The number of ether oxygens (including phenoxy) is 2. The number of hydrogen-bond acceptors (Lipinski definition) is 6. The molecule has 1 amide bonds. The lowest BCUT2D eigenvalue weighted by atomic mass is 10.1. The van der Waals surface area contributed by atoms with Crippen LogP contribution in [0, 0.1) is 5.92 Å². The average Bonchev–Trinajstić information content (AvgIpc) is 3.57. The van der Waals surface area contributed by atoms with Crippen molar-refractivity contribution in [1.82, 2.24) is 14.8 Å². The Labute approximate surface area is 185 Å². The molecule has 0 unspecified atom stereocenters. The van der Waals surface area contributed by atoms with Crippen LogP contribution in [0.5, 0.6) is 10.9 Å². The molecule has 6 rings (SSSR count). The zero-order chi connectivity index (χ0) is 20.8. The summed E-state index contributed by atoms with van der Waals surface area (Å²) >= 11 is 1.56. The molecule has 31 heavy (non-hydrogen) atoms.